The molecule has 3 nitrogen and oxygen atoms in total. The lowest BCUT2D eigenvalue weighted by Gasteiger charge is -2.21. The number of amides is 1. The van der Waals surface area contributed by atoms with E-state index in [-0.39, 0.29) is 5.91 Å². The summed E-state index contributed by atoms with van der Waals surface area (Å²) in [6.45, 7) is 5.59. The number of carbonyl (C=O) groups is 1. The number of benzene rings is 1. The summed E-state index contributed by atoms with van der Waals surface area (Å²) in [4.78, 5) is 13.9. The predicted molar refractivity (Wildman–Crippen MR) is 67.1 cm³/mol. The minimum absolute atomic E-state index is 0.101. The van der Waals surface area contributed by atoms with Crippen LogP contribution in [0.15, 0.2) is 24.3 Å². The van der Waals surface area contributed by atoms with Gasteiger partial charge in [0.1, 0.15) is 5.75 Å². The van der Waals surface area contributed by atoms with Gasteiger partial charge >= 0.3 is 0 Å². The van der Waals surface area contributed by atoms with Crippen molar-refractivity contribution in [3.8, 4) is 5.75 Å². The maximum absolute atomic E-state index is 12.0. The monoisotopic (exact) mass is 233 g/mol. The third-order valence-corrected chi connectivity index (χ3v) is 3.07. The van der Waals surface area contributed by atoms with Gasteiger partial charge < -0.3 is 9.64 Å². The van der Waals surface area contributed by atoms with E-state index in [9.17, 15) is 4.79 Å². The van der Waals surface area contributed by atoms with Crippen molar-refractivity contribution in [3.05, 3.63) is 29.8 Å². The van der Waals surface area contributed by atoms with Gasteiger partial charge in [0.15, 0.2) is 6.10 Å². The molecule has 1 aliphatic rings. The van der Waals surface area contributed by atoms with E-state index in [4.69, 9.17) is 4.74 Å². The van der Waals surface area contributed by atoms with E-state index < -0.39 is 6.10 Å². The first-order valence-electron chi connectivity index (χ1n) is 6.19. The van der Waals surface area contributed by atoms with Crippen LogP contribution in [0.2, 0.25) is 0 Å². The fourth-order valence-corrected chi connectivity index (χ4v) is 2.14. The van der Waals surface area contributed by atoms with Crippen LogP contribution in [-0.2, 0) is 4.79 Å². The van der Waals surface area contributed by atoms with E-state index in [1.807, 2.05) is 43.0 Å². The molecule has 1 unspecified atom stereocenters. The van der Waals surface area contributed by atoms with Crippen LogP contribution in [0.5, 0.6) is 5.75 Å². The van der Waals surface area contributed by atoms with Gasteiger partial charge in [0, 0.05) is 13.1 Å². The minimum atomic E-state index is -0.394. The van der Waals surface area contributed by atoms with Gasteiger partial charge in [-0.3, -0.25) is 4.79 Å². The summed E-state index contributed by atoms with van der Waals surface area (Å²) >= 11 is 0. The first kappa shape index (κ1) is 12.0. The van der Waals surface area contributed by atoms with Crippen molar-refractivity contribution in [1.29, 1.82) is 0 Å². The summed E-state index contributed by atoms with van der Waals surface area (Å²) in [5, 5.41) is 0. The molecule has 0 bridgehead atoms. The molecular formula is C14H19NO2. The molecule has 17 heavy (non-hydrogen) atoms. The Balaban J connectivity index is 1.96. The SMILES string of the molecule is Cc1cccc(OC(C)C(=O)N2CCCC2)c1. The molecule has 1 atom stereocenters. The van der Waals surface area contributed by atoms with Crippen LogP contribution < -0.4 is 4.74 Å². The first-order valence-corrected chi connectivity index (χ1v) is 6.19. The van der Waals surface area contributed by atoms with Crippen LogP contribution in [-0.4, -0.2) is 30.0 Å². The second kappa shape index (κ2) is 5.21. The molecule has 0 aromatic heterocycles. The molecule has 1 aromatic rings. The van der Waals surface area contributed by atoms with Crippen LogP contribution in [0, 0.1) is 6.92 Å². The van der Waals surface area contributed by atoms with E-state index in [1.165, 1.54) is 0 Å². The lowest BCUT2D eigenvalue weighted by molar-refractivity contribution is -0.136. The highest BCUT2D eigenvalue weighted by Gasteiger charge is 2.24. The molecule has 1 aliphatic heterocycles. The van der Waals surface area contributed by atoms with E-state index in [0.29, 0.717) is 0 Å². The molecule has 0 radical (unpaired) electrons. The quantitative estimate of drug-likeness (QED) is 0.802. The summed E-state index contributed by atoms with van der Waals surface area (Å²) in [7, 11) is 0. The third kappa shape index (κ3) is 2.99. The number of hydrogen-bond donors (Lipinski definition) is 0. The highest BCUT2D eigenvalue weighted by molar-refractivity contribution is 5.81. The van der Waals surface area contributed by atoms with Crippen LogP contribution in [0.25, 0.3) is 0 Å². The van der Waals surface area contributed by atoms with Crippen LogP contribution in [0.4, 0.5) is 0 Å². The van der Waals surface area contributed by atoms with Crippen molar-refractivity contribution < 1.29 is 9.53 Å². The average molecular weight is 233 g/mol. The fourth-order valence-electron chi connectivity index (χ4n) is 2.14. The number of aryl methyl sites for hydroxylation is 1. The Morgan fingerprint density at radius 3 is 2.71 bits per heavy atom. The number of nitrogens with zero attached hydrogens (tertiary/aromatic N) is 1. The molecule has 1 heterocycles. The van der Waals surface area contributed by atoms with Crippen molar-refractivity contribution in [2.24, 2.45) is 0 Å². The van der Waals surface area contributed by atoms with Crippen molar-refractivity contribution in [3.63, 3.8) is 0 Å². The minimum Gasteiger partial charge on any atom is -0.481 e. The molecule has 1 saturated heterocycles. The van der Waals surface area contributed by atoms with E-state index >= 15 is 0 Å². The number of ether oxygens (including phenoxy) is 1. The van der Waals surface area contributed by atoms with Gasteiger partial charge in [-0.1, -0.05) is 12.1 Å². The zero-order valence-electron chi connectivity index (χ0n) is 10.5. The Labute approximate surface area is 102 Å². The smallest absolute Gasteiger partial charge is 0.263 e. The van der Waals surface area contributed by atoms with Gasteiger partial charge in [-0.2, -0.15) is 0 Å². The molecular weight excluding hydrogens is 214 g/mol. The molecule has 0 aliphatic carbocycles. The van der Waals surface area contributed by atoms with E-state index in [2.05, 4.69) is 0 Å². The van der Waals surface area contributed by atoms with Gasteiger partial charge in [-0.05, 0) is 44.4 Å². The zero-order chi connectivity index (χ0) is 12.3. The second-order valence-electron chi connectivity index (χ2n) is 4.61. The molecule has 0 saturated carbocycles. The Bertz CT molecular complexity index is 397. The predicted octanol–water partition coefficient (Wildman–Crippen LogP) is 2.38. The molecule has 1 amide bonds. The largest absolute Gasteiger partial charge is 0.481 e. The number of rotatable bonds is 3. The van der Waals surface area contributed by atoms with Crippen LogP contribution in [0.3, 0.4) is 0 Å². The molecule has 1 aromatic carbocycles. The van der Waals surface area contributed by atoms with Crippen LogP contribution in [0.1, 0.15) is 25.3 Å². The van der Waals surface area contributed by atoms with E-state index in [0.717, 1.165) is 37.2 Å². The van der Waals surface area contributed by atoms with Gasteiger partial charge in [-0.25, -0.2) is 0 Å². The third-order valence-electron chi connectivity index (χ3n) is 3.07. The van der Waals surface area contributed by atoms with Gasteiger partial charge in [0.25, 0.3) is 5.91 Å². The summed E-state index contributed by atoms with van der Waals surface area (Å²) in [6, 6.07) is 7.80. The standard InChI is InChI=1S/C14H19NO2/c1-11-6-5-7-13(10-11)17-12(2)14(16)15-8-3-4-9-15/h5-7,10,12H,3-4,8-9H2,1-2H3. The number of likely N-dealkylation sites (tertiary alicyclic amines) is 1. The van der Waals surface area contributed by atoms with Gasteiger partial charge in [0.2, 0.25) is 0 Å². The van der Waals surface area contributed by atoms with E-state index in [1.54, 1.807) is 0 Å². The Kier molecular flexibility index (Phi) is 3.67. The Hall–Kier alpha value is -1.51. The summed E-state index contributed by atoms with van der Waals surface area (Å²) in [5.41, 5.74) is 1.14. The van der Waals surface area contributed by atoms with Crippen molar-refractivity contribution >= 4 is 5.91 Å². The summed E-state index contributed by atoms with van der Waals surface area (Å²) in [6.07, 6.45) is 1.83. The average Bonchev–Trinajstić information content (AvgIpc) is 2.81. The fraction of sp³-hybridized carbons (Fsp3) is 0.500. The maximum Gasteiger partial charge on any atom is 0.263 e. The highest BCUT2D eigenvalue weighted by atomic mass is 16.5. The lowest BCUT2D eigenvalue weighted by Crippen LogP contribution is -2.38. The van der Waals surface area contributed by atoms with Crippen molar-refractivity contribution in [2.75, 3.05) is 13.1 Å². The van der Waals surface area contributed by atoms with Crippen molar-refractivity contribution in [1.82, 2.24) is 4.90 Å². The molecule has 0 spiro atoms. The van der Waals surface area contributed by atoms with Gasteiger partial charge in [0.05, 0.1) is 0 Å². The highest BCUT2D eigenvalue weighted by Crippen LogP contribution is 2.16. The number of carbonyl (C=O) groups excluding carboxylic acids is 1. The molecule has 92 valence electrons. The van der Waals surface area contributed by atoms with Crippen LogP contribution >= 0.6 is 0 Å². The van der Waals surface area contributed by atoms with Gasteiger partial charge in [-0.15, -0.1) is 0 Å². The summed E-state index contributed by atoms with van der Waals surface area (Å²) < 4.78 is 5.68. The topological polar surface area (TPSA) is 29.5 Å². The molecule has 1 fully saturated rings. The zero-order valence-corrected chi connectivity index (χ0v) is 10.5. The number of hydrogen-bond acceptors (Lipinski definition) is 2. The molecule has 3 heteroatoms. The molecule has 2 rings (SSSR count). The molecule has 0 N–H and O–H groups in total. The lowest BCUT2D eigenvalue weighted by atomic mass is 10.2. The first-order chi connectivity index (χ1) is 8.16. The Morgan fingerprint density at radius 1 is 1.35 bits per heavy atom. The van der Waals surface area contributed by atoms with Crippen molar-refractivity contribution in [2.45, 2.75) is 32.8 Å². The normalized spacial score (nSPS) is 16.9. The summed E-state index contributed by atoms with van der Waals surface area (Å²) in [5.74, 6) is 0.869. The Morgan fingerprint density at radius 2 is 2.06 bits per heavy atom. The second-order valence-corrected chi connectivity index (χ2v) is 4.61. The maximum atomic E-state index is 12.0.